The molecule has 3 rings (SSSR count). The van der Waals surface area contributed by atoms with Gasteiger partial charge >= 0.3 is 5.97 Å². The van der Waals surface area contributed by atoms with Gasteiger partial charge in [-0.1, -0.05) is 0 Å². The van der Waals surface area contributed by atoms with Crippen molar-refractivity contribution in [2.75, 3.05) is 57.7 Å². The zero-order chi connectivity index (χ0) is 23.8. The number of nitrogens with one attached hydrogen (secondary N) is 2. The van der Waals surface area contributed by atoms with Gasteiger partial charge in [0.1, 0.15) is 6.04 Å². The fourth-order valence-electron chi connectivity index (χ4n) is 3.82. The highest BCUT2D eigenvalue weighted by Crippen LogP contribution is 2.15. The number of hydrogen-bond acceptors (Lipinski definition) is 7. The third kappa shape index (κ3) is 6.51. The lowest BCUT2D eigenvalue weighted by Gasteiger charge is -2.37. The summed E-state index contributed by atoms with van der Waals surface area (Å²) >= 11 is 0. The molecule has 1 atom stereocenters. The molecule has 11 heteroatoms. The van der Waals surface area contributed by atoms with Crippen LogP contribution in [0.5, 0.6) is 0 Å². The molecule has 0 saturated carbocycles. The summed E-state index contributed by atoms with van der Waals surface area (Å²) in [5, 5.41) is 5.41. The van der Waals surface area contributed by atoms with E-state index in [0.717, 1.165) is 6.41 Å². The molecule has 2 aliphatic heterocycles. The van der Waals surface area contributed by atoms with Gasteiger partial charge in [-0.25, -0.2) is 4.79 Å². The van der Waals surface area contributed by atoms with Crippen molar-refractivity contribution in [3.63, 3.8) is 0 Å². The molecule has 0 aliphatic carbocycles. The number of rotatable bonds is 8. The summed E-state index contributed by atoms with van der Waals surface area (Å²) in [5.74, 6) is -1.46. The number of hydrogen-bond donors (Lipinski definition) is 2. The lowest BCUT2D eigenvalue weighted by Crippen LogP contribution is -2.60. The molecule has 1 aromatic carbocycles. The van der Waals surface area contributed by atoms with Crippen LogP contribution in [-0.2, 0) is 23.9 Å². The molecule has 2 N–H and O–H groups in total. The Morgan fingerprint density at radius 2 is 1.82 bits per heavy atom. The number of amides is 4. The number of benzene rings is 1. The second-order valence-corrected chi connectivity index (χ2v) is 7.86. The van der Waals surface area contributed by atoms with Crippen LogP contribution < -0.4 is 10.6 Å². The van der Waals surface area contributed by atoms with E-state index in [1.807, 2.05) is 4.90 Å². The van der Waals surface area contributed by atoms with Crippen molar-refractivity contribution in [3.8, 4) is 0 Å². The number of piperazine rings is 2. The summed E-state index contributed by atoms with van der Waals surface area (Å²) < 4.78 is 4.93. The maximum absolute atomic E-state index is 12.9. The molecule has 2 saturated heterocycles. The van der Waals surface area contributed by atoms with E-state index in [1.165, 1.54) is 4.90 Å². The van der Waals surface area contributed by atoms with Gasteiger partial charge in [-0.3, -0.25) is 24.1 Å². The second kappa shape index (κ2) is 11.4. The normalized spacial score (nSPS) is 18.9. The molecule has 0 bridgehead atoms. The van der Waals surface area contributed by atoms with Gasteiger partial charge < -0.3 is 25.2 Å². The largest absolute Gasteiger partial charge is 0.462 e. The lowest BCUT2D eigenvalue weighted by molar-refractivity contribution is -0.145. The molecule has 4 amide bonds. The summed E-state index contributed by atoms with van der Waals surface area (Å²) in [4.78, 5) is 65.6. The van der Waals surface area contributed by atoms with Crippen LogP contribution in [-0.4, -0.2) is 103 Å². The molecule has 1 aromatic rings. The zero-order valence-electron chi connectivity index (χ0n) is 18.6. The summed E-state index contributed by atoms with van der Waals surface area (Å²) in [6, 6.07) is 5.34. The molecule has 2 aliphatic rings. The highest BCUT2D eigenvalue weighted by atomic mass is 16.5. The van der Waals surface area contributed by atoms with E-state index in [2.05, 4.69) is 10.6 Å². The van der Waals surface area contributed by atoms with Gasteiger partial charge in [0, 0.05) is 45.0 Å². The quantitative estimate of drug-likeness (QED) is 0.388. The summed E-state index contributed by atoms with van der Waals surface area (Å²) in [5.41, 5.74) is 0.836. The lowest BCUT2D eigenvalue weighted by atomic mass is 10.1. The Labute approximate surface area is 192 Å². The fraction of sp³-hybridized carbons (Fsp3) is 0.500. The van der Waals surface area contributed by atoms with E-state index < -0.39 is 17.9 Å². The van der Waals surface area contributed by atoms with Crippen LogP contribution in [0.2, 0.25) is 0 Å². The number of carbonyl (C=O) groups is 5. The van der Waals surface area contributed by atoms with Gasteiger partial charge in [0.05, 0.1) is 25.1 Å². The monoisotopic (exact) mass is 459 g/mol. The van der Waals surface area contributed by atoms with Crippen LogP contribution in [0.15, 0.2) is 24.3 Å². The molecule has 33 heavy (non-hydrogen) atoms. The van der Waals surface area contributed by atoms with Crippen molar-refractivity contribution >= 4 is 35.8 Å². The van der Waals surface area contributed by atoms with E-state index in [1.54, 1.807) is 36.1 Å². The Kier molecular flexibility index (Phi) is 8.36. The summed E-state index contributed by atoms with van der Waals surface area (Å²) in [6.07, 6.45) is 0.614. The van der Waals surface area contributed by atoms with Crippen LogP contribution >= 0.6 is 0 Å². The van der Waals surface area contributed by atoms with Gasteiger partial charge in [-0.2, -0.15) is 0 Å². The predicted molar refractivity (Wildman–Crippen MR) is 118 cm³/mol. The Morgan fingerprint density at radius 1 is 1.12 bits per heavy atom. The Morgan fingerprint density at radius 3 is 2.45 bits per heavy atom. The highest BCUT2D eigenvalue weighted by Gasteiger charge is 2.35. The van der Waals surface area contributed by atoms with Gasteiger partial charge in [0.25, 0.3) is 0 Å². The third-order valence-electron chi connectivity index (χ3n) is 5.62. The van der Waals surface area contributed by atoms with E-state index in [4.69, 9.17) is 4.74 Å². The molecule has 0 spiro atoms. The van der Waals surface area contributed by atoms with Crippen molar-refractivity contribution in [2.45, 2.75) is 19.4 Å². The molecular formula is C22H29N5O6. The minimum absolute atomic E-state index is 0.132. The van der Waals surface area contributed by atoms with Gasteiger partial charge in [0.15, 0.2) is 0 Å². The molecule has 0 radical (unpaired) electrons. The van der Waals surface area contributed by atoms with Gasteiger partial charge in [-0.15, -0.1) is 0 Å². The number of esters is 1. The van der Waals surface area contributed by atoms with E-state index in [9.17, 15) is 24.0 Å². The van der Waals surface area contributed by atoms with Crippen LogP contribution in [0.4, 0.5) is 5.69 Å². The average Bonchev–Trinajstić information content (AvgIpc) is 2.81. The van der Waals surface area contributed by atoms with Crippen LogP contribution in [0.1, 0.15) is 23.7 Å². The van der Waals surface area contributed by atoms with Crippen LogP contribution in [0, 0.1) is 0 Å². The van der Waals surface area contributed by atoms with Crippen molar-refractivity contribution < 1.29 is 28.7 Å². The second-order valence-electron chi connectivity index (χ2n) is 7.86. The first-order valence-corrected chi connectivity index (χ1v) is 11.0. The highest BCUT2D eigenvalue weighted by molar-refractivity contribution is 5.98. The average molecular weight is 460 g/mol. The Balaban J connectivity index is 1.57. The van der Waals surface area contributed by atoms with Crippen molar-refractivity contribution in [1.29, 1.82) is 0 Å². The van der Waals surface area contributed by atoms with E-state index in [-0.39, 0.29) is 31.4 Å². The molecule has 11 nitrogen and oxygen atoms in total. The van der Waals surface area contributed by atoms with E-state index >= 15 is 0 Å². The smallest absolute Gasteiger partial charge is 0.338 e. The number of anilines is 1. The molecule has 1 unspecified atom stereocenters. The first-order valence-electron chi connectivity index (χ1n) is 11.0. The molecule has 178 valence electrons. The maximum Gasteiger partial charge on any atom is 0.338 e. The fourth-order valence-corrected chi connectivity index (χ4v) is 3.82. The molecule has 2 heterocycles. The first-order chi connectivity index (χ1) is 15.9. The molecule has 2 fully saturated rings. The minimum Gasteiger partial charge on any atom is -0.462 e. The molecule has 0 aromatic heterocycles. The van der Waals surface area contributed by atoms with Crippen LogP contribution in [0.25, 0.3) is 0 Å². The van der Waals surface area contributed by atoms with Gasteiger partial charge in [0.2, 0.25) is 24.1 Å². The Bertz CT molecular complexity index is 882. The first kappa shape index (κ1) is 24.2. The Hall–Kier alpha value is -3.47. The third-order valence-corrected chi connectivity index (χ3v) is 5.62. The van der Waals surface area contributed by atoms with Gasteiger partial charge in [-0.05, 0) is 31.2 Å². The standard InChI is InChI=1S/C22H29N5O6/c1-2-33-22(32)16-3-5-17(6-4-16)24-19(29)13-18-21(31)23-7-8-27(18)20(30)14-25-9-11-26(15-28)12-10-25/h3-6,15,18H,2,7-14H2,1H3,(H,23,31)(H,24,29). The minimum atomic E-state index is -0.902. The van der Waals surface area contributed by atoms with Crippen LogP contribution in [0.3, 0.4) is 0 Å². The summed E-state index contributed by atoms with van der Waals surface area (Å²) in [7, 11) is 0. The van der Waals surface area contributed by atoms with Crippen molar-refractivity contribution in [2.24, 2.45) is 0 Å². The van der Waals surface area contributed by atoms with Crippen molar-refractivity contribution in [3.05, 3.63) is 29.8 Å². The SMILES string of the molecule is CCOC(=O)c1ccc(NC(=O)CC2C(=O)NCCN2C(=O)CN2CCN(C=O)CC2)cc1. The van der Waals surface area contributed by atoms with E-state index in [0.29, 0.717) is 50.5 Å². The zero-order valence-corrected chi connectivity index (χ0v) is 18.6. The number of ether oxygens (including phenoxy) is 1. The number of carbonyl (C=O) groups excluding carboxylic acids is 5. The maximum atomic E-state index is 12.9. The molecular weight excluding hydrogens is 430 g/mol. The predicted octanol–water partition coefficient (Wildman–Crippen LogP) is -0.707. The number of nitrogens with zero attached hydrogens (tertiary/aromatic N) is 3. The van der Waals surface area contributed by atoms with Crippen molar-refractivity contribution in [1.82, 2.24) is 20.0 Å². The topological polar surface area (TPSA) is 128 Å². The summed E-state index contributed by atoms with van der Waals surface area (Å²) in [6.45, 7) is 5.04.